The molecule has 2 N–H and O–H groups in total. The van der Waals surface area contributed by atoms with E-state index in [1.807, 2.05) is 36.4 Å². The predicted molar refractivity (Wildman–Crippen MR) is 74.5 cm³/mol. The average Bonchev–Trinajstić information content (AvgIpc) is 2.40. The summed E-state index contributed by atoms with van der Waals surface area (Å²) in [6.07, 6.45) is 0. The molecule has 0 fully saturated rings. The van der Waals surface area contributed by atoms with Crippen LogP contribution in [0.3, 0.4) is 0 Å². The van der Waals surface area contributed by atoms with Gasteiger partial charge >= 0.3 is 0 Å². The molecule has 0 saturated carbocycles. The summed E-state index contributed by atoms with van der Waals surface area (Å²) in [5.74, 6) is 0.345. The van der Waals surface area contributed by atoms with Crippen LogP contribution in [0.2, 0.25) is 0 Å². The summed E-state index contributed by atoms with van der Waals surface area (Å²) in [5, 5.41) is 13.3. The molecule has 0 radical (unpaired) electrons. The van der Waals surface area contributed by atoms with E-state index < -0.39 is 0 Å². The molecule has 0 aliphatic carbocycles. The zero-order valence-corrected chi connectivity index (χ0v) is 10.8. The van der Waals surface area contributed by atoms with Crippen molar-refractivity contribution in [1.82, 2.24) is 5.32 Å². The quantitative estimate of drug-likeness (QED) is 0.853. The lowest BCUT2D eigenvalue weighted by atomic mass is 10.0. The molecular formula is C16H19NO. The van der Waals surface area contributed by atoms with E-state index in [2.05, 4.69) is 31.3 Å². The largest absolute Gasteiger partial charge is 0.508 e. The molecular weight excluding hydrogens is 222 g/mol. The Balaban J connectivity index is 2.08. The van der Waals surface area contributed by atoms with Crippen LogP contribution in [0.1, 0.15) is 37.1 Å². The number of benzene rings is 2. The molecule has 0 spiro atoms. The average molecular weight is 241 g/mol. The van der Waals surface area contributed by atoms with Crippen molar-refractivity contribution < 1.29 is 5.11 Å². The van der Waals surface area contributed by atoms with Gasteiger partial charge in [-0.05, 0) is 25.5 Å². The van der Waals surface area contributed by atoms with Gasteiger partial charge in [0.05, 0.1) is 0 Å². The molecule has 2 aromatic carbocycles. The minimum Gasteiger partial charge on any atom is -0.508 e. The first-order valence-electron chi connectivity index (χ1n) is 6.27. The summed E-state index contributed by atoms with van der Waals surface area (Å²) >= 11 is 0. The highest BCUT2D eigenvalue weighted by Crippen LogP contribution is 2.25. The number of phenolic OH excluding ortho intramolecular Hbond substituents is 1. The first kappa shape index (κ1) is 12.7. The monoisotopic (exact) mass is 241 g/mol. The summed E-state index contributed by atoms with van der Waals surface area (Å²) in [4.78, 5) is 0. The second-order valence-electron chi connectivity index (χ2n) is 4.58. The number of phenols is 1. The topological polar surface area (TPSA) is 32.3 Å². The fourth-order valence-corrected chi connectivity index (χ4v) is 2.16. The van der Waals surface area contributed by atoms with Crippen molar-refractivity contribution in [2.75, 3.05) is 0 Å². The molecule has 18 heavy (non-hydrogen) atoms. The van der Waals surface area contributed by atoms with Crippen molar-refractivity contribution in [2.45, 2.75) is 25.9 Å². The van der Waals surface area contributed by atoms with Gasteiger partial charge in [0.25, 0.3) is 0 Å². The fraction of sp³-hybridized carbons (Fsp3) is 0.250. The van der Waals surface area contributed by atoms with Gasteiger partial charge in [0.15, 0.2) is 0 Å². The Bertz CT molecular complexity index is 495. The van der Waals surface area contributed by atoms with Crippen LogP contribution in [0.4, 0.5) is 0 Å². The Labute approximate surface area is 108 Å². The Morgan fingerprint density at radius 2 is 1.44 bits per heavy atom. The summed E-state index contributed by atoms with van der Waals surface area (Å²) < 4.78 is 0. The molecule has 2 rings (SSSR count). The lowest BCUT2D eigenvalue weighted by Crippen LogP contribution is -2.22. The molecule has 0 aromatic heterocycles. The second kappa shape index (κ2) is 5.69. The smallest absolute Gasteiger partial charge is 0.120 e. The van der Waals surface area contributed by atoms with Crippen molar-refractivity contribution in [3.63, 3.8) is 0 Å². The number of para-hydroxylation sites is 1. The van der Waals surface area contributed by atoms with Crippen molar-refractivity contribution in [3.05, 3.63) is 65.7 Å². The van der Waals surface area contributed by atoms with Gasteiger partial charge in [0.2, 0.25) is 0 Å². The van der Waals surface area contributed by atoms with Crippen molar-refractivity contribution in [2.24, 2.45) is 0 Å². The van der Waals surface area contributed by atoms with Gasteiger partial charge in [-0.15, -0.1) is 0 Å². The summed E-state index contributed by atoms with van der Waals surface area (Å²) in [6.45, 7) is 4.19. The molecule has 2 nitrogen and oxygen atoms in total. The highest BCUT2D eigenvalue weighted by Gasteiger charge is 2.13. The molecule has 0 saturated heterocycles. The van der Waals surface area contributed by atoms with Crippen LogP contribution in [0.15, 0.2) is 54.6 Å². The second-order valence-corrected chi connectivity index (χ2v) is 4.58. The molecule has 0 amide bonds. The van der Waals surface area contributed by atoms with E-state index in [0.717, 1.165) is 5.56 Å². The summed E-state index contributed by atoms with van der Waals surface area (Å²) in [7, 11) is 0. The first-order chi connectivity index (χ1) is 8.68. The Kier molecular flexibility index (Phi) is 4.00. The van der Waals surface area contributed by atoms with Gasteiger partial charge in [-0.1, -0.05) is 48.5 Å². The van der Waals surface area contributed by atoms with Crippen LogP contribution >= 0.6 is 0 Å². The fourth-order valence-electron chi connectivity index (χ4n) is 2.16. The number of nitrogens with one attached hydrogen (secondary N) is 1. The van der Waals surface area contributed by atoms with E-state index in [4.69, 9.17) is 0 Å². The van der Waals surface area contributed by atoms with Gasteiger partial charge < -0.3 is 10.4 Å². The maximum atomic E-state index is 9.82. The molecule has 0 heterocycles. The van der Waals surface area contributed by atoms with Crippen LogP contribution in [0.25, 0.3) is 0 Å². The van der Waals surface area contributed by atoms with Crippen LogP contribution < -0.4 is 5.32 Å². The summed E-state index contributed by atoms with van der Waals surface area (Å²) in [5.41, 5.74) is 2.18. The maximum absolute atomic E-state index is 9.82. The van der Waals surface area contributed by atoms with E-state index in [9.17, 15) is 5.11 Å². The Morgan fingerprint density at radius 1 is 0.833 bits per heavy atom. The molecule has 2 aromatic rings. The van der Waals surface area contributed by atoms with Crippen molar-refractivity contribution in [3.8, 4) is 5.75 Å². The van der Waals surface area contributed by atoms with Crippen LogP contribution in [-0.2, 0) is 0 Å². The summed E-state index contributed by atoms with van der Waals surface area (Å²) in [6, 6.07) is 18.1. The maximum Gasteiger partial charge on any atom is 0.120 e. The molecule has 0 unspecified atom stereocenters. The lowest BCUT2D eigenvalue weighted by molar-refractivity contribution is 0.438. The lowest BCUT2D eigenvalue weighted by Gasteiger charge is -2.21. The third-order valence-electron chi connectivity index (χ3n) is 3.20. The van der Waals surface area contributed by atoms with E-state index in [1.54, 1.807) is 6.07 Å². The van der Waals surface area contributed by atoms with Crippen LogP contribution in [0, 0.1) is 0 Å². The zero-order chi connectivity index (χ0) is 13.0. The Hall–Kier alpha value is -1.80. The van der Waals surface area contributed by atoms with Crippen LogP contribution in [-0.4, -0.2) is 5.11 Å². The van der Waals surface area contributed by atoms with E-state index >= 15 is 0 Å². The zero-order valence-electron chi connectivity index (χ0n) is 10.8. The molecule has 0 aliphatic heterocycles. The Morgan fingerprint density at radius 3 is 2.11 bits per heavy atom. The number of aromatic hydroxyl groups is 1. The van der Waals surface area contributed by atoms with Gasteiger partial charge in [0, 0.05) is 17.6 Å². The van der Waals surface area contributed by atoms with Crippen molar-refractivity contribution >= 4 is 0 Å². The minimum absolute atomic E-state index is 0.112. The molecule has 0 bridgehead atoms. The van der Waals surface area contributed by atoms with E-state index in [1.165, 1.54) is 5.56 Å². The van der Waals surface area contributed by atoms with Gasteiger partial charge in [-0.25, -0.2) is 0 Å². The molecule has 0 aliphatic rings. The molecule has 2 atom stereocenters. The minimum atomic E-state index is 0.112. The van der Waals surface area contributed by atoms with E-state index in [-0.39, 0.29) is 12.1 Å². The highest BCUT2D eigenvalue weighted by molar-refractivity contribution is 5.34. The number of hydrogen-bond acceptors (Lipinski definition) is 2. The van der Waals surface area contributed by atoms with Crippen LogP contribution in [0.5, 0.6) is 5.75 Å². The third kappa shape index (κ3) is 2.90. The van der Waals surface area contributed by atoms with Gasteiger partial charge in [0.1, 0.15) is 5.75 Å². The third-order valence-corrected chi connectivity index (χ3v) is 3.20. The standard InChI is InChI=1S/C16H19NO/c1-12(14-8-4-3-5-9-14)17-13(2)15-10-6-7-11-16(15)18/h3-13,17-18H,1-2H3/t12-,13+/m1/s1. The normalized spacial score (nSPS) is 14.1. The first-order valence-corrected chi connectivity index (χ1v) is 6.27. The number of rotatable bonds is 4. The van der Waals surface area contributed by atoms with Gasteiger partial charge in [-0.2, -0.15) is 0 Å². The predicted octanol–water partition coefficient (Wildman–Crippen LogP) is 3.80. The van der Waals surface area contributed by atoms with E-state index in [0.29, 0.717) is 5.75 Å². The highest BCUT2D eigenvalue weighted by atomic mass is 16.3. The SMILES string of the molecule is C[C@H](N[C@H](C)c1ccccc1)c1ccccc1O. The van der Waals surface area contributed by atoms with Crippen molar-refractivity contribution in [1.29, 1.82) is 0 Å². The number of hydrogen-bond donors (Lipinski definition) is 2. The molecule has 2 heteroatoms. The molecule has 94 valence electrons. The van der Waals surface area contributed by atoms with Gasteiger partial charge in [-0.3, -0.25) is 0 Å².